The van der Waals surface area contributed by atoms with E-state index in [-0.39, 0.29) is 24.8 Å². The highest BCUT2D eigenvalue weighted by Crippen LogP contribution is 2.22. The van der Waals surface area contributed by atoms with Crippen LogP contribution in [0, 0.1) is 6.92 Å². The predicted molar refractivity (Wildman–Crippen MR) is 93.1 cm³/mol. The minimum Gasteiger partial charge on any atom is -0.394 e. The van der Waals surface area contributed by atoms with Crippen molar-refractivity contribution in [3.8, 4) is 0 Å². The summed E-state index contributed by atoms with van der Waals surface area (Å²) < 4.78 is 5.57. The monoisotopic (exact) mass is 331 g/mol. The van der Waals surface area contributed by atoms with Crippen LogP contribution >= 0.6 is 0 Å². The Kier molecular flexibility index (Phi) is 5.06. The molecule has 0 radical (unpaired) electrons. The summed E-state index contributed by atoms with van der Waals surface area (Å²) in [5.74, 6) is 0. The standard InChI is InChI=1S/C18H25N3O3/c1-12-9-21(10-14(11-22)24-12)18(23)19-8-7-15-13(2)20-17-6-4-3-5-16(15)17/h3-6,12,14,20,22H,7-11H2,1-2H3,(H,19,23)/t12-,14+/m0/s1. The third-order valence-corrected chi connectivity index (χ3v) is 4.50. The molecular formula is C18H25N3O3. The topological polar surface area (TPSA) is 77.6 Å². The van der Waals surface area contributed by atoms with Gasteiger partial charge in [0.25, 0.3) is 0 Å². The normalized spacial score (nSPS) is 21.2. The first-order valence-corrected chi connectivity index (χ1v) is 8.43. The van der Waals surface area contributed by atoms with Crippen LogP contribution in [-0.2, 0) is 11.2 Å². The van der Waals surface area contributed by atoms with Gasteiger partial charge in [-0.05, 0) is 31.9 Å². The van der Waals surface area contributed by atoms with Gasteiger partial charge in [-0.2, -0.15) is 0 Å². The number of nitrogens with one attached hydrogen (secondary N) is 2. The minimum absolute atomic E-state index is 0.0579. The van der Waals surface area contributed by atoms with Crippen molar-refractivity contribution in [3.63, 3.8) is 0 Å². The van der Waals surface area contributed by atoms with E-state index in [4.69, 9.17) is 4.74 Å². The molecule has 130 valence electrons. The van der Waals surface area contributed by atoms with Gasteiger partial charge in [0, 0.05) is 29.7 Å². The van der Waals surface area contributed by atoms with Gasteiger partial charge in [-0.25, -0.2) is 4.79 Å². The Labute approximate surface area is 141 Å². The number of urea groups is 1. The number of benzene rings is 1. The lowest BCUT2D eigenvalue weighted by molar-refractivity contribution is -0.0833. The van der Waals surface area contributed by atoms with Gasteiger partial charge in [-0.1, -0.05) is 18.2 Å². The molecule has 3 N–H and O–H groups in total. The van der Waals surface area contributed by atoms with Crippen molar-refractivity contribution in [3.05, 3.63) is 35.5 Å². The zero-order chi connectivity index (χ0) is 17.1. The average Bonchev–Trinajstić information content (AvgIpc) is 2.90. The fourth-order valence-electron chi connectivity index (χ4n) is 3.38. The number of H-pyrrole nitrogens is 1. The van der Waals surface area contributed by atoms with E-state index in [0.717, 1.165) is 17.6 Å². The number of aromatic amines is 1. The van der Waals surface area contributed by atoms with Crippen molar-refractivity contribution in [1.82, 2.24) is 15.2 Å². The predicted octanol–water partition coefficient (Wildman–Crippen LogP) is 1.81. The zero-order valence-corrected chi connectivity index (χ0v) is 14.2. The summed E-state index contributed by atoms with van der Waals surface area (Å²) in [7, 11) is 0. The molecule has 1 aromatic carbocycles. The third-order valence-electron chi connectivity index (χ3n) is 4.50. The van der Waals surface area contributed by atoms with Crippen LogP contribution in [0.1, 0.15) is 18.2 Å². The van der Waals surface area contributed by atoms with Crippen LogP contribution in [0.15, 0.2) is 24.3 Å². The number of morpholine rings is 1. The SMILES string of the molecule is Cc1[nH]c2ccccc2c1CCNC(=O)N1C[C@H](CO)O[C@@H](C)C1. The summed E-state index contributed by atoms with van der Waals surface area (Å²) in [4.78, 5) is 17.5. The first-order chi connectivity index (χ1) is 11.6. The van der Waals surface area contributed by atoms with E-state index in [1.165, 1.54) is 10.9 Å². The largest absolute Gasteiger partial charge is 0.394 e. The molecule has 2 aromatic rings. The Morgan fingerprint density at radius 1 is 1.42 bits per heavy atom. The lowest BCUT2D eigenvalue weighted by Gasteiger charge is -2.36. The number of amides is 2. The molecule has 0 spiro atoms. The van der Waals surface area contributed by atoms with E-state index in [1.54, 1.807) is 4.90 Å². The summed E-state index contributed by atoms with van der Waals surface area (Å²) in [5, 5.41) is 13.4. The van der Waals surface area contributed by atoms with Gasteiger partial charge in [0.15, 0.2) is 0 Å². The number of aliphatic hydroxyl groups excluding tert-OH is 1. The quantitative estimate of drug-likeness (QED) is 0.799. The molecule has 2 heterocycles. The van der Waals surface area contributed by atoms with Gasteiger partial charge in [0.05, 0.1) is 25.4 Å². The molecule has 24 heavy (non-hydrogen) atoms. The number of aromatic nitrogens is 1. The van der Waals surface area contributed by atoms with Crippen LogP contribution in [0.2, 0.25) is 0 Å². The first-order valence-electron chi connectivity index (χ1n) is 8.43. The van der Waals surface area contributed by atoms with Crippen molar-refractivity contribution < 1.29 is 14.6 Å². The highest BCUT2D eigenvalue weighted by Gasteiger charge is 2.27. The fraction of sp³-hybridized carbons (Fsp3) is 0.500. The molecule has 2 atom stereocenters. The van der Waals surface area contributed by atoms with Gasteiger partial charge >= 0.3 is 6.03 Å². The van der Waals surface area contributed by atoms with E-state index in [1.807, 2.05) is 19.1 Å². The van der Waals surface area contributed by atoms with Crippen LogP contribution < -0.4 is 5.32 Å². The van der Waals surface area contributed by atoms with E-state index < -0.39 is 0 Å². The first kappa shape index (κ1) is 16.8. The Morgan fingerprint density at radius 2 is 2.21 bits per heavy atom. The van der Waals surface area contributed by atoms with Crippen molar-refractivity contribution in [2.75, 3.05) is 26.2 Å². The number of rotatable bonds is 4. The van der Waals surface area contributed by atoms with Crippen LogP contribution in [0.3, 0.4) is 0 Å². The number of hydrogen-bond acceptors (Lipinski definition) is 3. The van der Waals surface area contributed by atoms with Gasteiger partial charge in [0.1, 0.15) is 0 Å². The number of fused-ring (bicyclic) bond motifs is 1. The van der Waals surface area contributed by atoms with Gasteiger partial charge < -0.3 is 25.0 Å². The highest BCUT2D eigenvalue weighted by atomic mass is 16.5. The van der Waals surface area contributed by atoms with Gasteiger partial charge in [0.2, 0.25) is 0 Å². The number of aryl methyl sites for hydroxylation is 1. The molecule has 0 aliphatic carbocycles. The van der Waals surface area contributed by atoms with Gasteiger partial charge in [-0.3, -0.25) is 0 Å². The maximum atomic E-state index is 12.4. The maximum Gasteiger partial charge on any atom is 0.317 e. The van der Waals surface area contributed by atoms with E-state index >= 15 is 0 Å². The zero-order valence-electron chi connectivity index (χ0n) is 14.2. The fourth-order valence-corrected chi connectivity index (χ4v) is 3.38. The summed E-state index contributed by atoms with van der Waals surface area (Å²) in [6.07, 6.45) is 0.429. The molecular weight excluding hydrogens is 306 g/mol. The van der Waals surface area contributed by atoms with E-state index in [2.05, 4.69) is 29.4 Å². The molecule has 1 aliphatic heterocycles. The Hall–Kier alpha value is -2.05. The second-order valence-corrected chi connectivity index (χ2v) is 6.41. The van der Waals surface area contributed by atoms with E-state index in [9.17, 15) is 9.90 Å². The number of carbonyl (C=O) groups is 1. The summed E-state index contributed by atoms with van der Waals surface area (Å²) in [6.45, 7) is 5.47. The molecule has 1 aliphatic rings. The van der Waals surface area contributed by atoms with Crippen LogP contribution in [0.4, 0.5) is 4.79 Å². The number of para-hydroxylation sites is 1. The molecule has 2 amide bonds. The second-order valence-electron chi connectivity index (χ2n) is 6.41. The molecule has 1 saturated heterocycles. The lowest BCUT2D eigenvalue weighted by atomic mass is 10.1. The van der Waals surface area contributed by atoms with Crippen LogP contribution in [0.25, 0.3) is 10.9 Å². The van der Waals surface area contributed by atoms with Crippen LogP contribution in [0.5, 0.6) is 0 Å². The number of nitrogens with zero attached hydrogens (tertiary/aromatic N) is 1. The van der Waals surface area contributed by atoms with Crippen molar-refractivity contribution >= 4 is 16.9 Å². The lowest BCUT2D eigenvalue weighted by Crippen LogP contribution is -2.53. The number of ether oxygens (including phenoxy) is 1. The van der Waals surface area contributed by atoms with Gasteiger partial charge in [-0.15, -0.1) is 0 Å². The molecule has 1 fully saturated rings. The van der Waals surface area contributed by atoms with Crippen molar-refractivity contribution in [1.29, 1.82) is 0 Å². The Morgan fingerprint density at radius 3 is 3.00 bits per heavy atom. The molecule has 3 rings (SSSR count). The molecule has 0 bridgehead atoms. The summed E-state index contributed by atoms with van der Waals surface area (Å²) in [5.41, 5.74) is 3.52. The smallest absolute Gasteiger partial charge is 0.317 e. The van der Waals surface area contributed by atoms with Crippen molar-refractivity contribution in [2.24, 2.45) is 0 Å². The third kappa shape index (κ3) is 3.55. The number of carbonyl (C=O) groups excluding carboxylic acids is 1. The molecule has 6 nitrogen and oxygen atoms in total. The molecule has 0 saturated carbocycles. The van der Waals surface area contributed by atoms with E-state index in [0.29, 0.717) is 19.6 Å². The average molecular weight is 331 g/mol. The van der Waals surface area contributed by atoms with Crippen LogP contribution in [-0.4, -0.2) is 59.5 Å². The number of hydrogen-bond donors (Lipinski definition) is 3. The second kappa shape index (κ2) is 7.23. The number of aliphatic hydroxyl groups is 1. The van der Waals surface area contributed by atoms with Crippen molar-refractivity contribution in [2.45, 2.75) is 32.5 Å². The molecule has 1 aromatic heterocycles. The minimum atomic E-state index is -0.296. The summed E-state index contributed by atoms with van der Waals surface area (Å²) >= 11 is 0. The Balaban J connectivity index is 1.57. The highest BCUT2D eigenvalue weighted by molar-refractivity contribution is 5.84. The summed E-state index contributed by atoms with van der Waals surface area (Å²) in [6, 6.07) is 8.11. The molecule has 0 unspecified atom stereocenters. The molecule has 6 heteroatoms. The maximum absolute atomic E-state index is 12.4. The Bertz CT molecular complexity index is 713.